The van der Waals surface area contributed by atoms with E-state index < -0.39 is 17.6 Å². The highest BCUT2D eigenvalue weighted by atomic mass is 35.5. The molecule has 0 aliphatic heterocycles. The van der Waals surface area contributed by atoms with E-state index in [-0.39, 0.29) is 24.4 Å². The molecule has 0 spiro atoms. The van der Waals surface area contributed by atoms with Crippen LogP contribution in [0.1, 0.15) is 49.3 Å². The van der Waals surface area contributed by atoms with Crippen molar-refractivity contribution in [3.63, 3.8) is 0 Å². The third-order valence-electron chi connectivity index (χ3n) is 3.84. The van der Waals surface area contributed by atoms with E-state index in [0.717, 1.165) is 37.8 Å². The molecule has 1 nitrogen and oxygen atoms in total. The van der Waals surface area contributed by atoms with Gasteiger partial charge in [0.25, 0.3) is 0 Å². The van der Waals surface area contributed by atoms with E-state index in [1.54, 1.807) is 0 Å². The lowest BCUT2D eigenvalue weighted by molar-refractivity contribution is -0.140. The molecule has 0 radical (unpaired) electrons. The molecule has 1 saturated carbocycles. The van der Waals surface area contributed by atoms with Gasteiger partial charge in [-0.05, 0) is 36.5 Å². The van der Waals surface area contributed by atoms with Gasteiger partial charge in [0.15, 0.2) is 0 Å². The van der Waals surface area contributed by atoms with E-state index in [4.69, 9.17) is 5.73 Å². The van der Waals surface area contributed by atoms with E-state index in [0.29, 0.717) is 5.56 Å². The molecule has 1 fully saturated rings. The Morgan fingerprint density at radius 2 is 1.70 bits per heavy atom. The fraction of sp³-hybridized carbons (Fsp3) is 0.571. The highest BCUT2D eigenvalue weighted by Gasteiger charge is 2.34. The second-order valence-electron chi connectivity index (χ2n) is 5.16. The molecule has 0 unspecified atom stereocenters. The molecule has 0 saturated heterocycles. The van der Waals surface area contributed by atoms with Gasteiger partial charge in [-0.1, -0.05) is 25.3 Å². The molecule has 1 aromatic rings. The molecular formula is C14H18ClF4N. The summed E-state index contributed by atoms with van der Waals surface area (Å²) < 4.78 is 50.9. The van der Waals surface area contributed by atoms with E-state index in [2.05, 4.69) is 0 Å². The highest BCUT2D eigenvalue weighted by Crippen LogP contribution is 2.36. The first-order chi connectivity index (χ1) is 8.89. The molecule has 2 rings (SSSR count). The maximum atomic E-state index is 13.5. The van der Waals surface area contributed by atoms with Crippen LogP contribution < -0.4 is 5.73 Å². The zero-order valence-corrected chi connectivity index (χ0v) is 11.7. The molecule has 20 heavy (non-hydrogen) atoms. The Bertz CT molecular complexity index is 441. The monoisotopic (exact) mass is 311 g/mol. The Hall–Kier alpha value is -0.810. The Balaban J connectivity index is 0.00000200. The first-order valence-corrected chi connectivity index (χ1v) is 6.52. The van der Waals surface area contributed by atoms with Gasteiger partial charge >= 0.3 is 6.18 Å². The summed E-state index contributed by atoms with van der Waals surface area (Å²) in [4.78, 5) is 0. The van der Waals surface area contributed by atoms with Crippen LogP contribution in [0.2, 0.25) is 0 Å². The van der Waals surface area contributed by atoms with Crippen molar-refractivity contribution in [2.75, 3.05) is 0 Å². The molecular weight excluding hydrogens is 294 g/mol. The van der Waals surface area contributed by atoms with E-state index >= 15 is 0 Å². The Morgan fingerprint density at radius 1 is 1.10 bits per heavy atom. The number of alkyl halides is 3. The van der Waals surface area contributed by atoms with Crippen LogP contribution in [-0.4, -0.2) is 0 Å². The van der Waals surface area contributed by atoms with Crippen molar-refractivity contribution in [1.82, 2.24) is 0 Å². The molecule has 1 aliphatic rings. The van der Waals surface area contributed by atoms with Gasteiger partial charge in [-0.3, -0.25) is 0 Å². The van der Waals surface area contributed by atoms with Gasteiger partial charge in [-0.15, -0.1) is 12.4 Å². The topological polar surface area (TPSA) is 26.0 Å². The molecule has 0 bridgehead atoms. The average molecular weight is 312 g/mol. The zero-order chi connectivity index (χ0) is 14.0. The molecule has 0 amide bonds. The van der Waals surface area contributed by atoms with Crippen LogP contribution in [0.3, 0.4) is 0 Å². The average Bonchev–Trinajstić information content (AvgIpc) is 2.37. The minimum Gasteiger partial charge on any atom is -0.324 e. The summed E-state index contributed by atoms with van der Waals surface area (Å²) in [6.45, 7) is 0. The predicted molar refractivity (Wildman–Crippen MR) is 72.2 cm³/mol. The van der Waals surface area contributed by atoms with Crippen molar-refractivity contribution in [2.24, 2.45) is 11.7 Å². The normalized spacial score (nSPS) is 18.4. The van der Waals surface area contributed by atoms with Gasteiger partial charge in [0.2, 0.25) is 0 Å². The first-order valence-electron chi connectivity index (χ1n) is 6.52. The van der Waals surface area contributed by atoms with E-state index in [1.807, 2.05) is 0 Å². The molecule has 2 N–H and O–H groups in total. The van der Waals surface area contributed by atoms with E-state index in [9.17, 15) is 17.6 Å². The number of hydrogen-bond donors (Lipinski definition) is 1. The number of hydrogen-bond acceptors (Lipinski definition) is 1. The number of rotatable bonds is 2. The van der Waals surface area contributed by atoms with Gasteiger partial charge < -0.3 is 5.73 Å². The molecule has 1 aromatic carbocycles. The Morgan fingerprint density at radius 3 is 2.20 bits per heavy atom. The lowest BCUT2D eigenvalue weighted by atomic mass is 9.81. The Labute approximate surface area is 122 Å². The van der Waals surface area contributed by atoms with E-state index in [1.165, 1.54) is 12.5 Å². The molecule has 6 heteroatoms. The van der Waals surface area contributed by atoms with Crippen molar-refractivity contribution < 1.29 is 17.6 Å². The van der Waals surface area contributed by atoms with Gasteiger partial charge in [-0.2, -0.15) is 13.2 Å². The molecule has 0 aromatic heterocycles. The third-order valence-corrected chi connectivity index (χ3v) is 3.84. The minimum absolute atomic E-state index is 0. The lowest BCUT2D eigenvalue weighted by Gasteiger charge is -2.28. The van der Waals surface area contributed by atoms with Crippen molar-refractivity contribution in [2.45, 2.75) is 44.3 Å². The van der Waals surface area contributed by atoms with Crippen LogP contribution >= 0.6 is 12.4 Å². The molecule has 0 heterocycles. The number of benzene rings is 1. The zero-order valence-electron chi connectivity index (χ0n) is 10.9. The lowest BCUT2D eigenvalue weighted by Crippen LogP contribution is -2.24. The van der Waals surface area contributed by atoms with Crippen LogP contribution in [0, 0.1) is 11.7 Å². The van der Waals surface area contributed by atoms with Crippen molar-refractivity contribution >= 4 is 12.4 Å². The first kappa shape index (κ1) is 17.2. The van der Waals surface area contributed by atoms with Crippen LogP contribution in [-0.2, 0) is 6.18 Å². The summed E-state index contributed by atoms with van der Waals surface area (Å²) in [5.41, 5.74) is 5.28. The van der Waals surface area contributed by atoms with Gasteiger partial charge in [-0.25, -0.2) is 4.39 Å². The maximum Gasteiger partial charge on any atom is 0.419 e. The number of halogens is 5. The quantitative estimate of drug-likeness (QED) is 0.777. The summed E-state index contributed by atoms with van der Waals surface area (Å²) in [6.07, 6.45) is 0.610. The predicted octanol–water partition coefficient (Wildman–Crippen LogP) is 4.85. The van der Waals surface area contributed by atoms with Gasteiger partial charge in [0, 0.05) is 6.04 Å². The molecule has 1 atom stereocenters. The number of nitrogens with two attached hydrogens (primary N) is 1. The summed E-state index contributed by atoms with van der Waals surface area (Å²) in [7, 11) is 0. The molecule has 1 aliphatic carbocycles. The van der Waals surface area contributed by atoms with Gasteiger partial charge in [0.05, 0.1) is 5.56 Å². The summed E-state index contributed by atoms with van der Waals surface area (Å²) >= 11 is 0. The summed E-state index contributed by atoms with van der Waals surface area (Å²) in [5, 5.41) is 0. The summed E-state index contributed by atoms with van der Waals surface area (Å²) in [6, 6.07) is 2.64. The van der Waals surface area contributed by atoms with Crippen molar-refractivity contribution in [3.8, 4) is 0 Å². The fourth-order valence-corrected chi connectivity index (χ4v) is 2.73. The second-order valence-corrected chi connectivity index (χ2v) is 5.16. The van der Waals surface area contributed by atoms with Crippen molar-refractivity contribution in [1.29, 1.82) is 0 Å². The second kappa shape index (κ2) is 6.76. The standard InChI is InChI=1S/C14H17F4N.ClH/c15-12-8-10(6-7-11(12)14(16,17)18)13(19)9-4-2-1-3-5-9;/h6-9,13H,1-5,19H2;1H/t13-;/m0./s1. The maximum absolute atomic E-state index is 13.5. The van der Waals surface area contributed by atoms with Crippen LogP contribution in [0.5, 0.6) is 0 Å². The third kappa shape index (κ3) is 3.85. The van der Waals surface area contributed by atoms with Crippen molar-refractivity contribution in [3.05, 3.63) is 35.1 Å². The highest BCUT2D eigenvalue weighted by molar-refractivity contribution is 5.85. The molecule has 114 valence electrons. The smallest absolute Gasteiger partial charge is 0.324 e. The summed E-state index contributed by atoms with van der Waals surface area (Å²) in [5.74, 6) is -0.999. The SMILES string of the molecule is Cl.N[C@H](c1ccc(C(F)(F)F)c(F)c1)C1CCCCC1. The van der Waals surface area contributed by atoms with Crippen LogP contribution in [0.15, 0.2) is 18.2 Å². The van der Waals surface area contributed by atoms with Crippen LogP contribution in [0.25, 0.3) is 0 Å². The Kier molecular flexibility index (Phi) is 5.83. The van der Waals surface area contributed by atoms with Crippen LogP contribution in [0.4, 0.5) is 17.6 Å². The largest absolute Gasteiger partial charge is 0.419 e. The minimum atomic E-state index is -4.66. The van der Waals surface area contributed by atoms with Gasteiger partial charge in [0.1, 0.15) is 5.82 Å². The fourth-order valence-electron chi connectivity index (χ4n) is 2.73.